The lowest BCUT2D eigenvalue weighted by Crippen LogP contribution is -2.14. The Hall–Kier alpha value is -3.06. The van der Waals surface area contributed by atoms with E-state index in [1.165, 1.54) is 0 Å². The number of phenols is 1. The summed E-state index contributed by atoms with van der Waals surface area (Å²) in [4.78, 5) is 16.9. The monoisotopic (exact) mass is 352 g/mol. The number of fused-ring (bicyclic) bond motifs is 2. The molecule has 0 aliphatic carbocycles. The molecule has 4 rings (SSSR count). The molecule has 0 fully saturated rings. The van der Waals surface area contributed by atoms with Gasteiger partial charge in [0.2, 0.25) is 0 Å². The number of amides is 1. The molecule has 0 spiro atoms. The van der Waals surface area contributed by atoms with E-state index in [2.05, 4.69) is 0 Å². The van der Waals surface area contributed by atoms with Crippen molar-refractivity contribution in [3.05, 3.63) is 46.1 Å². The number of anilines is 1. The zero-order valence-electron chi connectivity index (χ0n) is 14.7. The molecule has 7 heteroatoms. The Morgan fingerprint density at radius 1 is 1.35 bits per heavy atom. The van der Waals surface area contributed by atoms with Crippen LogP contribution in [-0.2, 0) is 17.8 Å². The summed E-state index contributed by atoms with van der Waals surface area (Å²) < 4.78 is 7.21. The zero-order valence-corrected chi connectivity index (χ0v) is 14.7. The molecule has 0 bridgehead atoms. The van der Waals surface area contributed by atoms with Gasteiger partial charge in [-0.05, 0) is 31.5 Å². The zero-order chi connectivity index (χ0) is 18.6. The van der Waals surface area contributed by atoms with E-state index in [9.17, 15) is 9.90 Å². The first-order chi connectivity index (χ1) is 12.4. The van der Waals surface area contributed by atoms with Crippen LogP contribution in [0.25, 0.3) is 16.7 Å². The molecule has 1 amide bonds. The predicted molar refractivity (Wildman–Crippen MR) is 98.5 cm³/mol. The molecule has 1 aromatic carbocycles. The second-order valence-corrected chi connectivity index (χ2v) is 6.60. The SMILES string of the molecule is Cc1ccc(O)c(C)c1-n1c(N)c(C(N)=O)c2cc3c(nc21)CCOC3. The maximum absolute atomic E-state index is 12.1. The van der Waals surface area contributed by atoms with Crippen molar-refractivity contribution in [3.8, 4) is 11.4 Å². The number of aryl methyl sites for hydroxylation is 1. The number of nitrogens with two attached hydrogens (primary N) is 2. The number of hydrogen-bond acceptors (Lipinski definition) is 5. The standard InChI is InChI=1S/C19H20N4O3/c1-9-3-4-14(24)10(2)16(9)23-17(20)15(18(21)25)12-7-11-8-26-6-5-13(11)22-19(12)23/h3-4,7,24H,5-6,8,20H2,1-2H3,(H2,21,25). The highest BCUT2D eigenvalue weighted by atomic mass is 16.5. The summed E-state index contributed by atoms with van der Waals surface area (Å²) in [6.45, 7) is 4.78. The summed E-state index contributed by atoms with van der Waals surface area (Å²) in [5.74, 6) is -0.237. The maximum atomic E-state index is 12.1. The molecule has 5 N–H and O–H groups in total. The van der Waals surface area contributed by atoms with Crippen LogP contribution < -0.4 is 11.5 Å². The number of rotatable bonds is 2. The first kappa shape index (κ1) is 16.4. The van der Waals surface area contributed by atoms with Crippen molar-refractivity contribution in [1.82, 2.24) is 9.55 Å². The van der Waals surface area contributed by atoms with Gasteiger partial charge < -0.3 is 21.3 Å². The quantitative estimate of drug-likeness (QED) is 0.653. The average molecular weight is 352 g/mol. The molecule has 0 radical (unpaired) electrons. The molecule has 7 nitrogen and oxygen atoms in total. The average Bonchev–Trinajstić information content (AvgIpc) is 2.88. The highest BCUT2D eigenvalue weighted by Crippen LogP contribution is 2.36. The number of aromatic hydroxyl groups is 1. The summed E-state index contributed by atoms with van der Waals surface area (Å²) in [5.41, 5.74) is 16.9. The first-order valence-electron chi connectivity index (χ1n) is 8.40. The first-order valence-corrected chi connectivity index (χ1v) is 8.40. The molecule has 1 aliphatic heterocycles. The Morgan fingerprint density at radius 3 is 2.85 bits per heavy atom. The van der Waals surface area contributed by atoms with Crippen LogP contribution in [-0.4, -0.2) is 27.2 Å². The summed E-state index contributed by atoms with van der Waals surface area (Å²) >= 11 is 0. The van der Waals surface area contributed by atoms with Gasteiger partial charge in [-0.2, -0.15) is 0 Å². The van der Waals surface area contributed by atoms with Gasteiger partial charge >= 0.3 is 0 Å². The molecule has 3 aromatic rings. The van der Waals surface area contributed by atoms with Gasteiger partial charge in [-0.15, -0.1) is 0 Å². The van der Waals surface area contributed by atoms with Crippen molar-refractivity contribution in [3.63, 3.8) is 0 Å². The molecule has 26 heavy (non-hydrogen) atoms. The molecule has 0 saturated carbocycles. The predicted octanol–water partition coefficient (Wildman–Crippen LogP) is 2.10. The Kier molecular flexibility index (Phi) is 3.62. The van der Waals surface area contributed by atoms with E-state index in [0.717, 1.165) is 16.8 Å². The lowest BCUT2D eigenvalue weighted by molar-refractivity contribution is 0.100. The van der Waals surface area contributed by atoms with Crippen LogP contribution in [0.1, 0.15) is 32.7 Å². The third-order valence-corrected chi connectivity index (χ3v) is 4.96. The number of primary amides is 1. The lowest BCUT2D eigenvalue weighted by atomic mass is 10.1. The van der Waals surface area contributed by atoms with Crippen molar-refractivity contribution in [2.75, 3.05) is 12.3 Å². The summed E-state index contributed by atoms with van der Waals surface area (Å²) in [6, 6.07) is 5.33. The van der Waals surface area contributed by atoms with Gasteiger partial charge in [0.15, 0.2) is 0 Å². The Labute approximate surface area is 150 Å². The molecule has 0 atom stereocenters. The molecular formula is C19H20N4O3. The lowest BCUT2D eigenvalue weighted by Gasteiger charge is -2.18. The van der Waals surface area contributed by atoms with E-state index in [0.29, 0.717) is 41.9 Å². The van der Waals surface area contributed by atoms with E-state index >= 15 is 0 Å². The van der Waals surface area contributed by atoms with Gasteiger partial charge in [-0.25, -0.2) is 4.98 Å². The highest BCUT2D eigenvalue weighted by Gasteiger charge is 2.25. The number of hydrogen-bond donors (Lipinski definition) is 3. The minimum atomic E-state index is -0.611. The second kappa shape index (κ2) is 5.74. The van der Waals surface area contributed by atoms with E-state index in [4.69, 9.17) is 21.2 Å². The fourth-order valence-electron chi connectivity index (χ4n) is 3.65. The van der Waals surface area contributed by atoms with Crippen LogP contribution in [0.2, 0.25) is 0 Å². The fraction of sp³-hybridized carbons (Fsp3) is 0.263. The molecule has 2 aromatic heterocycles. The van der Waals surface area contributed by atoms with Crippen LogP contribution in [0.5, 0.6) is 5.75 Å². The van der Waals surface area contributed by atoms with Crippen molar-refractivity contribution in [2.45, 2.75) is 26.9 Å². The minimum Gasteiger partial charge on any atom is -0.508 e. The van der Waals surface area contributed by atoms with Gasteiger partial charge in [0.25, 0.3) is 5.91 Å². The normalized spacial score (nSPS) is 13.8. The summed E-state index contributed by atoms with van der Waals surface area (Å²) in [6.07, 6.45) is 0.695. The Balaban J connectivity index is 2.15. The van der Waals surface area contributed by atoms with Crippen molar-refractivity contribution in [1.29, 1.82) is 0 Å². The summed E-state index contributed by atoms with van der Waals surface area (Å²) in [7, 11) is 0. The van der Waals surface area contributed by atoms with Crippen LogP contribution in [0.15, 0.2) is 18.2 Å². The van der Waals surface area contributed by atoms with Crippen molar-refractivity contribution < 1.29 is 14.6 Å². The number of benzene rings is 1. The van der Waals surface area contributed by atoms with Crippen LogP contribution >= 0.6 is 0 Å². The fourth-order valence-corrected chi connectivity index (χ4v) is 3.65. The van der Waals surface area contributed by atoms with E-state index < -0.39 is 5.91 Å². The summed E-state index contributed by atoms with van der Waals surface area (Å²) in [5, 5.41) is 10.8. The number of ether oxygens (including phenoxy) is 1. The van der Waals surface area contributed by atoms with Crippen molar-refractivity contribution >= 4 is 22.8 Å². The van der Waals surface area contributed by atoms with Crippen molar-refractivity contribution in [2.24, 2.45) is 5.73 Å². The third kappa shape index (κ3) is 2.24. The number of carbonyl (C=O) groups excluding carboxylic acids is 1. The maximum Gasteiger partial charge on any atom is 0.253 e. The number of nitrogen functional groups attached to an aromatic ring is 1. The number of pyridine rings is 1. The largest absolute Gasteiger partial charge is 0.508 e. The topological polar surface area (TPSA) is 116 Å². The van der Waals surface area contributed by atoms with Gasteiger partial charge in [0.05, 0.1) is 30.2 Å². The van der Waals surface area contributed by atoms with Crippen LogP contribution in [0.4, 0.5) is 5.82 Å². The molecular weight excluding hydrogens is 332 g/mol. The van der Waals surface area contributed by atoms with Gasteiger partial charge in [-0.1, -0.05) is 6.07 Å². The van der Waals surface area contributed by atoms with Crippen LogP contribution in [0.3, 0.4) is 0 Å². The second-order valence-electron chi connectivity index (χ2n) is 6.60. The number of phenolic OH excluding ortho intramolecular Hbond substituents is 1. The third-order valence-electron chi connectivity index (χ3n) is 4.96. The Bertz CT molecular complexity index is 1070. The van der Waals surface area contributed by atoms with E-state index in [-0.39, 0.29) is 17.1 Å². The smallest absolute Gasteiger partial charge is 0.253 e. The Morgan fingerprint density at radius 2 is 2.12 bits per heavy atom. The van der Waals surface area contributed by atoms with E-state index in [1.807, 2.05) is 13.0 Å². The number of aromatic nitrogens is 2. The minimum absolute atomic E-state index is 0.152. The molecule has 0 unspecified atom stereocenters. The molecule has 1 aliphatic rings. The van der Waals surface area contributed by atoms with Gasteiger partial charge in [0, 0.05) is 22.9 Å². The van der Waals surface area contributed by atoms with Crippen LogP contribution in [0, 0.1) is 13.8 Å². The molecule has 0 saturated heterocycles. The van der Waals surface area contributed by atoms with Gasteiger partial charge in [0.1, 0.15) is 17.2 Å². The molecule has 3 heterocycles. The highest BCUT2D eigenvalue weighted by molar-refractivity contribution is 6.11. The number of nitrogens with zero attached hydrogens (tertiary/aromatic N) is 2. The number of carbonyl (C=O) groups is 1. The molecule has 134 valence electrons. The van der Waals surface area contributed by atoms with Gasteiger partial charge in [-0.3, -0.25) is 9.36 Å². The van der Waals surface area contributed by atoms with E-state index in [1.54, 1.807) is 23.6 Å².